The van der Waals surface area contributed by atoms with Crippen LogP contribution in [0.2, 0.25) is 0 Å². The summed E-state index contributed by atoms with van der Waals surface area (Å²) in [6.07, 6.45) is -0.620. The molecule has 3 nitrogen and oxygen atoms in total. The minimum Gasteiger partial charge on any atom is -0.281 e. The molecule has 0 unspecified atom stereocenters. The molecule has 0 N–H and O–H groups in total. The molecule has 0 amide bonds. The molecule has 34 valence electrons. The van der Waals surface area contributed by atoms with Crippen LogP contribution < -0.4 is 0 Å². The second-order valence-corrected chi connectivity index (χ2v) is 1.61. The fourth-order valence-electron chi connectivity index (χ4n) is 0.103. The van der Waals surface area contributed by atoms with Crippen LogP contribution >= 0.6 is 15.9 Å². The molecule has 1 aliphatic heterocycles. The average molecular weight is 153 g/mol. The molecule has 0 spiro atoms. The summed E-state index contributed by atoms with van der Waals surface area (Å²) in [5.74, 6) is 0. The van der Waals surface area contributed by atoms with Crippen LogP contribution in [0, 0.1) is 0 Å². The molecule has 0 aliphatic carbocycles. The number of rotatable bonds is 1. The summed E-state index contributed by atoms with van der Waals surface area (Å²) in [5, 5.41) is 0. The summed E-state index contributed by atoms with van der Waals surface area (Å²) < 4.78 is -0.262. The molecule has 0 bridgehead atoms. The Morgan fingerprint density at radius 3 is 2.17 bits per heavy atom. The number of halogens is 1. The van der Waals surface area contributed by atoms with E-state index in [1.54, 1.807) is 0 Å². The van der Waals surface area contributed by atoms with Gasteiger partial charge >= 0.3 is 0 Å². The summed E-state index contributed by atoms with van der Waals surface area (Å²) in [6, 6.07) is 0. The molecule has 0 aromatic carbocycles. The van der Waals surface area contributed by atoms with Gasteiger partial charge in [0.2, 0.25) is 0 Å². The number of hydrogen-bond donors (Lipinski definition) is 0. The SMILES string of the molecule is O=C(Br)C1OO1. The standard InChI is InChI=1S/C2HBrO3/c3-1(4)2-5-6-2/h2H. The van der Waals surface area contributed by atoms with Crippen molar-refractivity contribution in [1.82, 2.24) is 0 Å². The van der Waals surface area contributed by atoms with Crippen molar-refractivity contribution >= 4 is 20.6 Å². The predicted octanol–water partition coefficient (Wildman–Crippen LogP) is 0.196. The maximum Gasteiger partial charge on any atom is 0.292 e. The van der Waals surface area contributed by atoms with Crippen LogP contribution in [0.3, 0.4) is 0 Å². The topological polar surface area (TPSA) is 42.1 Å². The first kappa shape index (κ1) is 4.23. The molecule has 1 heterocycles. The molecule has 1 fully saturated rings. The third kappa shape index (κ3) is 0.767. The second kappa shape index (κ2) is 1.29. The number of carbonyl (C=O) groups is 1. The molecular formula is C2HBrO3. The Hall–Kier alpha value is 0.0700. The van der Waals surface area contributed by atoms with E-state index in [1.807, 2.05) is 0 Å². The lowest BCUT2D eigenvalue weighted by atomic mass is 10.8. The van der Waals surface area contributed by atoms with Crippen molar-refractivity contribution in [2.24, 2.45) is 0 Å². The fourth-order valence-corrected chi connectivity index (χ4v) is 0.256. The first-order chi connectivity index (χ1) is 2.80. The molecule has 1 aliphatic rings. The Bertz CT molecular complexity index is 76.9. The highest BCUT2D eigenvalue weighted by Gasteiger charge is 2.32. The smallest absolute Gasteiger partial charge is 0.281 e. The van der Waals surface area contributed by atoms with E-state index >= 15 is 0 Å². The molecular weight excluding hydrogens is 152 g/mol. The van der Waals surface area contributed by atoms with Gasteiger partial charge in [0.25, 0.3) is 11.0 Å². The van der Waals surface area contributed by atoms with Gasteiger partial charge in [-0.05, 0) is 15.9 Å². The molecule has 6 heavy (non-hydrogen) atoms. The lowest BCUT2D eigenvalue weighted by Crippen LogP contribution is -1.91. The summed E-state index contributed by atoms with van der Waals surface area (Å²) in [7, 11) is 0. The Labute approximate surface area is 42.3 Å². The monoisotopic (exact) mass is 152 g/mol. The van der Waals surface area contributed by atoms with E-state index in [-0.39, 0.29) is 4.69 Å². The van der Waals surface area contributed by atoms with E-state index in [0.29, 0.717) is 0 Å². The predicted molar refractivity (Wildman–Crippen MR) is 19.9 cm³/mol. The van der Waals surface area contributed by atoms with Crippen LogP contribution in [0.1, 0.15) is 0 Å². The quantitative estimate of drug-likeness (QED) is 0.307. The molecule has 0 saturated carbocycles. The second-order valence-electron chi connectivity index (χ2n) is 0.828. The fraction of sp³-hybridized carbons (Fsp3) is 0.500. The van der Waals surface area contributed by atoms with Crippen molar-refractivity contribution in [3.63, 3.8) is 0 Å². The van der Waals surface area contributed by atoms with Crippen LogP contribution in [-0.4, -0.2) is 11.0 Å². The van der Waals surface area contributed by atoms with Gasteiger partial charge in [-0.15, -0.1) is 0 Å². The minimum atomic E-state index is -0.620. The summed E-state index contributed by atoms with van der Waals surface area (Å²) >= 11 is 2.61. The van der Waals surface area contributed by atoms with E-state index < -0.39 is 6.29 Å². The number of carbonyl (C=O) groups excluding carboxylic acids is 1. The zero-order valence-electron chi connectivity index (χ0n) is 2.68. The van der Waals surface area contributed by atoms with Crippen molar-refractivity contribution in [2.45, 2.75) is 6.29 Å². The minimum absolute atomic E-state index is 0.262. The van der Waals surface area contributed by atoms with Crippen LogP contribution in [0.15, 0.2) is 0 Å². The molecule has 4 heteroatoms. The Kier molecular flexibility index (Phi) is 0.910. The Morgan fingerprint density at radius 2 is 2.17 bits per heavy atom. The highest BCUT2D eigenvalue weighted by atomic mass is 79.9. The highest BCUT2D eigenvalue weighted by Crippen LogP contribution is 2.15. The van der Waals surface area contributed by atoms with Gasteiger partial charge in [0.15, 0.2) is 0 Å². The van der Waals surface area contributed by atoms with Crippen molar-refractivity contribution in [1.29, 1.82) is 0 Å². The van der Waals surface area contributed by atoms with E-state index in [1.165, 1.54) is 0 Å². The molecule has 1 rings (SSSR count). The lowest BCUT2D eigenvalue weighted by molar-refractivity contribution is -0.111. The number of hydrogen-bond acceptors (Lipinski definition) is 3. The van der Waals surface area contributed by atoms with Crippen LogP contribution in [0.25, 0.3) is 0 Å². The van der Waals surface area contributed by atoms with Gasteiger partial charge in [-0.2, -0.15) is 9.78 Å². The van der Waals surface area contributed by atoms with E-state index in [9.17, 15) is 4.79 Å². The first-order valence-electron chi connectivity index (χ1n) is 1.32. The maximum atomic E-state index is 9.87. The molecule has 0 aromatic heterocycles. The zero-order valence-corrected chi connectivity index (χ0v) is 4.27. The molecule has 0 aromatic rings. The third-order valence-corrected chi connectivity index (χ3v) is 0.752. The summed E-state index contributed by atoms with van der Waals surface area (Å²) in [4.78, 5) is 18.0. The summed E-state index contributed by atoms with van der Waals surface area (Å²) in [6.45, 7) is 0. The van der Waals surface area contributed by atoms with Gasteiger partial charge < -0.3 is 0 Å². The normalized spacial score (nSPS) is 20.8. The van der Waals surface area contributed by atoms with Crippen LogP contribution in [0.5, 0.6) is 0 Å². The molecule has 0 radical (unpaired) electrons. The Balaban J connectivity index is 2.31. The van der Waals surface area contributed by atoms with Gasteiger partial charge in [0.05, 0.1) is 0 Å². The highest BCUT2D eigenvalue weighted by molar-refractivity contribution is 9.18. The average Bonchev–Trinajstić information content (AvgIpc) is 2.06. The summed E-state index contributed by atoms with van der Waals surface area (Å²) in [5.41, 5.74) is 0. The Morgan fingerprint density at radius 1 is 1.67 bits per heavy atom. The zero-order chi connectivity index (χ0) is 4.57. The van der Waals surface area contributed by atoms with Crippen molar-refractivity contribution in [3.05, 3.63) is 0 Å². The molecule has 0 atom stereocenters. The van der Waals surface area contributed by atoms with E-state index in [0.717, 1.165) is 0 Å². The third-order valence-electron chi connectivity index (χ3n) is 0.378. The van der Waals surface area contributed by atoms with Gasteiger partial charge in [0.1, 0.15) is 0 Å². The largest absolute Gasteiger partial charge is 0.292 e. The van der Waals surface area contributed by atoms with E-state index in [4.69, 9.17) is 0 Å². The van der Waals surface area contributed by atoms with E-state index in [2.05, 4.69) is 25.7 Å². The van der Waals surface area contributed by atoms with Gasteiger partial charge in [-0.3, -0.25) is 4.79 Å². The van der Waals surface area contributed by atoms with Gasteiger partial charge in [0, 0.05) is 0 Å². The first-order valence-corrected chi connectivity index (χ1v) is 2.11. The molecule has 1 saturated heterocycles. The van der Waals surface area contributed by atoms with Crippen molar-refractivity contribution < 1.29 is 14.6 Å². The van der Waals surface area contributed by atoms with Crippen molar-refractivity contribution in [2.75, 3.05) is 0 Å². The maximum absolute atomic E-state index is 9.87. The lowest BCUT2D eigenvalue weighted by Gasteiger charge is -1.63. The van der Waals surface area contributed by atoms with Crippen molar-refractivity contribution in [3.8, 4) is 0 Å². The van der Waals surface area contributed by atoms with Crippen LogP contribution in [0.4, 0.5) is 0 Å². The van der Waals surface area contributed by atoms with Crippen LogP contribution in [-0.2, 0) is 14.6 Å². The van der Waals surface area contributed by atoms with Gasteiger partial charge in [-0.1, -0.05) is 0 Å². The van der Waals surface area contributed by atoms with Gasteiger partial charge in [-0.25, -0.2) is 0 Å².